The molecule has 2 fully saturated rings. The number of carbonyl (C=O) groups is 4. The van der Waals surface area contributed by atoms with E-state index in [2.05, 4.69) is 57.6 Å². The third-order valence-electron chi connectivity index (χ3n) is 11.2. The molecular weight excluding hydrogens is 835 g/mol. The summed E-state index contributed by atoms with van der Waals surface area (Å²) >= 11 is 0. The summed E-state index contributed by atoms with van der Waals surface area (Å²) in [5.74, 6) is -0.151. The molecule has 1 aliphatic carbocycles. The number of para-hydroxylation sites is 2. The van der Waals surface area contributed by atoms with Gasteiger partial charge in [-0.1, -0.05) is 75.2 Å². The van der Waals surface area contributed by atoms with Crippen molar-refractivity contribution in [3.8, 4) is 11.5 Å². The van der Waals surface area contributed by atoms with Crippen LogP contribution in [0.15, 0.2) is 95.9 Å². The summed E-state index contributed by atoms with van der Waals surface area (Å²) in [5, 5.41) is 18.1. The molecular formula is C49H63N5O9S. The molecule has 1 atom stereocenters. The van der Waals surface area contributed by atoms with Crippen molar-refractivity contribution in [1.82, 2.24) is 20.7 Å². The topological polar surface area (TPSA) is 192 Å². The SMILES string of the molecule is CCOc1cc(CC(=O)N[C@@H](CC(C)C)c2ccccc2N2CCCCC2)ccc1C(=O)O.COc1ccccc1C(=O)NCCc1ccc(S(=O)(=O)NC(=O)NC2CCCC2)cc1. The van der Waals surface area contributed by atoms with Crippen molar-refractivity contribution < 1.29 is 42.2 Å². The summed E-state index contributed by atoms with van der Waals surface area (Å²) in [6.45, 7) is 8.99. The molecule has 4 aromatic rings. The molecule has 1 aliphatic heterocycles. The number of carbonyl (C=O) groups excluding carboxylic acids is 3. The van der Waals surface area contributed by atoms with Crippen LogP contribution in [-0.2, 0) is 27.7 Å². The second-order valence-electron chi connectivity index (χ2n) is 16.5. The number of nitrogens with zero attached hydrogens (tertiary/aromatic N) is 1. The molecule has 0 aromatic heterocycles. The molecule has 1 saturated heterocycles. The summed E-state index contributed by atoms with van der Waals surface area (Å²) < 4.78 is 37.6. The van der Waals surface area contributed by atoms with Gasteiger partial charge in [0.05, 0.1) is 36.6 Å². The van der Waals surface area contributed by atoms with Crippen molar-refractivity contribution in [2.45, 2.75) is 102 Å². The monoisotopic (exact) mass is 897 g/mol. The van der Waals surface area contributed by atoms with Gasteiger partial charge in [-0.2, -0.15) is 0 Å². The van der Waals surface area contributed by atoms with Gasteiger partial charge in [-0.25, -0.2) is 22.7 Å². The van der Waals surface area contributed by atoms with Crippen molar-refractivity contribution in [2.75, 3.05) is 38.3 Å². The Balaban J connectivity index is 0.000000241. The maximum atomic E-state index is 13.1. The van der Waals surface area contributed by atoms with E-state index < -0.39 is 22.0 Å². The second-order valence-corrected chi connectivity index (χ2v) is 18.2. The van der Waals surface area contributed by atoms with Crippen molar-refractivity contribution in [2.24, 2.45) is 5.92 Å². The zero-order chi connectivity index (χ0) is 46.1. The minimum atomic E-state index is -3.94. The molecule has 1 heterocycles. The number of methoxy groups -OCH3 is 1. The summed E-state index contributed by atoms with van der Waals surface area (Å²) in [5.41, 5.74) is 4.52. The van der Waals surface area contributed by atoms with Crippen LogP contribution in [0, 0.1) is 5.92 Å². The van der Waals surface area contributed by atoms with Gasteiger partial charge in [0, 0.05) is 31.4 Å². The number of hydrogen-bond acceptors (Lipinski definition) is 9. The van der Waals surface area contributed by atoms with Crippen LogP contribution in [-0.4, -0.2) is 76.7 Å². The minimum Gasteiger partial charge on any atom is -0.496 e. The molecule has 0 bridgehead atoms. The zero-order valence-corrected chi connectivity index (χ0v) is 38.2. The van der Waals surface area contributed by atoms with Crippen molar-refractivity contribution in [3.05, 3.63) is 119 Å². The Morgan fingerprint density at radius 2 is 1.48 bits per heavy atom. The number of hydrogen-bond donors (Lipinski definition) is 5. The predicted octanol–water partition coefficient (Wildman–Crippen LogP) is 7.82. The van der Waals surface area contributed by atoms with Gasteiger partial charge in [0.25, 0.3) is 15.9 Å². The number of anilines is 1. The third-order valence-corrected chi connectivity index (χ3v) is 12.5. The lowest BCUT2D eigenvalue weighted by molar-refractivity contribution is -0.121. The number of carboxylic acids is 1. The average Bonchev–Trinajstić information content (AvgIpc) is 3.79. The van der Waals surface area contributed by atoms with Gasteiger partial charge in [0.2, 0.25) is 5.91 Å². The molecule has 4 amide bonds. The molecule has 14 nitrogen and oxygen atoms in total. The first-order valence-corrected chi connectivity index (χ1v) is 23.7. The second kappa shape index (κ2) is 24.1. The quantitative estimate of drug-likeness (QED) is 0.0658. The van der Waals surface area contributed by atoms with Crippen LogP contribution in [0.2, 0.25) is 0 Å². The van der Waals surface area contributed by atoms with Gasteiger partial charge in [0.1, 0.15) is 17.1 Å². The smallest absolute Gasteiger partial charge is 0.339 e. The van der Waals surface area contributed by atoms with Crippen molar-refractivity contribution in [1.29, 1.82) is 0 Å². The Hall–Kier alpha value is -6.09. The van der Waals surface area contributed by atoms with Gasteiger partial charge < -0.3 is 35.4 Å². The van der Waals surface area contributed by atoms with Crippen molar-refractivity contribution in [3.63, 3.8) is 0 Å². The van der Waals surface area contributed by atoms with E-state index in [9.17, 15) is 32.7 Å². The number of ether oxygens (including phenoxy) is 2. The first-order chi connectivity index (χ1) is 30.8. The fourth-order valence-electron chi connectivity index (χ4n) is 8.05. The number of rotatable bonds is 18. The maximum Gasteiger partial charge on any atom is 0.339 e. The Kier molecular flexibility index (Phi) is 18.4. The van der Waals surface area contributed by atoms with E-state index >= 15 is 0 Å². The van der Waals surface area contributed by atoms with Gasteiger partial charge in [0.15, 0.2) is 0 Å². The number of carboxylic acid groups (broad SMARTS) is 1. The lowest BCUT2D eigenvalue weighted by Crippen LogP contribution is -2.43. The summed E-state index contributed by atoms with van der Waals surface area (Å²) in [6, 6.07) is 25.7. The Morgan fingerprint density at radius 3 is 2.16 bits per heavy atom. The van der Waals surface area contributed by atoms with Gasteiger partial charge in [-0.05, 0) is 117 Å². The van der Waals surface area contributed by atoms with Crippen LogP contribution in [0.25, 0.3) is 0 Å². The molecule has 0 spiro atoms. The maximum absolute atomic E-state index is 13.1. The number of urea groups is 1. The number of benzene rings is 4. The first-order valence-electron chi connectivity index (χ1n) is 22.2. The highest BCUT2D eigenvalue weighted by Crippen LogP contribution is 2.32. The fourth-order valence-corrected chi connectivity index (χ4v) is 8.96. The Labute approximate surface area is 377 Å². The molecule has 0 unspecified atom stereocenters. The van der Waals surface area contributed by atoms with Gasteiger partial charge in [-0.3, -0.25) is 9.59 Å². The predicted molar refractivity (Wildman–Crippen MR) is 248 cm³/mol. The van der Waals surface area contributed by atoms with E-state index in [4.69, 9.17) is 9.47 Å². The number of aromatic carboxylic acids is 1. The Morgan fingerprint density at radius 1 is 0.812 bits per heavy atom. The Bertz CT molecular complexity index is 2290. The molecule has 64 heavy (non-hydrogen) atoms. The largest absolute Gasteiger partial charge is 0.496 e. The van der Waals surface area contributed by atoms with Crippen LogP contribution in [0.4, 0.5) is 10.5 Å². The summed E-state index contributed by atoms with van der Waals surface area (Å²) in [4.78, 5) is 51.2. The van der Waals surface area contributed by atoms with Crippen LogP contribution in [0.1, 0.15) is 116 Å². The normalized spacial score (nSPS) is 14.4. The van der Waals surface area contributed by atoms with Crippen LogP contribution in [0.5, 0.6) is 11.5 Å². The number of amides is 4. The average molecular weight is 898 g/mol. The van der Waals surface area contributed by atoms with E-state index in [0.29, 0.717) is 42.6 Å². The van der Waals surface area contributed by atoms with Crippen LogP contribution in [0.3, 0.4) is 0 Å². The lowest BCUT2D eigenvalue weighted by atomic mass is 9.94. The zero-order valence-electron chi connectivity index (χ0n) is 37.4. The van der Waals surface area contributed by atoms with E-state index in [1.807, 2.05) is 6.07 Å². The van der Waals surface area contributed by atoms with Crippen LogP contribution >= 0.6 is 0 Å². The molecule has 4 aromatic carbocycles. The van der Waals surface area contributed by atoms with Gasteiger partial charge in [-0.15, -0.1) is 0 Å². The first kappa shape index (κ1) is 48.9. The molecule has 1 saturated carbocycles. The summed E-state index contributed by atoms with van der Waals surface area (Å²) in [7, 11) is -2.43. The van der Waals surface area contributed by atoms with E-state index in [0.717, 1.165) is 61.9 Å². The van der Waals surface area contributed by atoms with Crippen LogP contribution < -0.4 is 35.0 Å². The third kappa shape index (κ3) is 14.5. The van der Waals surface area contributed by atoms with E-state index in [1.54, 1.807) is 55.5 Å². The molecule has 5 N–H and O–H groups in total. The lowest BCUT2D eigenvalue weighted by Gasteiger charge is -2.33. The molecule has 6 rings (SSSR count). The van der Waals surface area contributed by atoms with E-state index in [1.165, 1.54) is 50.3 Å². The highest BCUT2D eigenvalue weighted by molar-refractivity contribution is 7.90. The fraction of sp³-hybridized carbons (Fsp3) is 0.429. The highest BCUT2D eigenvalue weighted by Gasteiger charge is 2.24. The summed E-state index contributed by atoms with van der Waals surface area (Å²) in [6.07, 6.45) is 9.03. The van der Waals surface area contributed by atoms with Gasteiger partial charge >= 0.3 is 12.0 Å². The van der Waals surface area contributed by atoms with E-state index in [-0.39, 0.29) is 40.8 Å². The molecule has 2 aliphatic rings. The standard InChI is InChI=1S/C27H36N2O4.C22H27N3O5S/c1-4-33-25-17-20(12-13-22(25)27(31)32)18-26(30)28-23(16-19(2)3)21-10-6-7-11-24(21)29-14-8-5-9-15-29;1-30-20-9-5-4-8-19(20)21(26)23-15-14-16-10-12-18(13-11-16)31(28,29)25-22(27)24-17-6-2-3-7-17/h6-7,10-13,17,19,23H,4-5,8-9,14-16,18H2,1-3H3,(H,28,30)(H,31,32);4-5,8-13,17H,2-3,6-7,14-15H2,1H3,(H,23,26)(H2,24,25,27)/t23-;/m0./s1. The molecule has 15 heteroatoms. The number of nitrogens with one attached hydrogen (secondary N) is 4. The minimum absolute atomic E-state index is 0.0101. The number of piperidine rings is 1. The number of sulfonamides is 1. The van der Waals surface area contributed by atoms with Crippen molar-refractivity contribution >= 4 is 39.5 Å². The molecule has 0 radical (unpaired) electrons. The highest BCUT2D eigenvalue weighted by atomic mass is 32.2. The molecule has 344 valence electrons.